The van der Waals surface area contributed by atoms with Crippen molar-refractivity contribution in [2.45, 2.75) is 26.3 Å². The zero-order chi connectivity index (χ0) is 19.5. The molecule has 27 heavy (non-hydrogen) atoms. The molecule has 0 saturated heterocycles. The summed E-state index contributed by atoms with van der Waals surface area (Å²) in [7, 11) is 1.73. The molecule has 6 nitrogen and oxygen atoms in total. The Kier molecular flexibility index (Phi) is 8.58. The predicted octanol–water partition coefficient (Wildman–Crippen LogP) is 2.78. The first-order chi connectivity index (χ1) is 13.1. The summed E-state index contributed by atoms with van der Waals surface area (Å²) in [6, 6.07) is 11.3. The maximum atomic E-state index is 12.1. The van der Waals surface area contributed by atoms with Crippen LogP contribution in [0.15, 0.2) is 47.6 Å². The highest BCUT2D eigenvalue weighted by atomic mass is 35.5. The first-order valence-corrected chi connectivity index (χ1v) is 9.42. The molecule has 2 aromatic rings. The Hall–Kier alpha value is -2.60. The minimum absolute atomic E-state index is 0.0437. The van der Waals surface area contributed by atoms with E-state index in [0.717, 1.165) is 30.5 Å². The van der Waals surface area contributed by atoms with Crippen LogP contribution in [0.25, 0.3) is 0 Å². The first-order valence-electron chi connectivity index (χ1n) is 9.04. The van der Waals surface area contributed by atoms with Crippen LogP contribution in [0.2, 0.25) is 5.15 Å². The van der Waals surface area contributed by atoms with Crippen LogP contribution in [-0.4, -0.2) is 37.0 Å². The van der Waals surface area contributed by atoms with Crippen LogP contribution in [-0.2, 0) is 13.0 Å². The SMILES string of the molecule is CCCNC(=O)c1cccc(CNC(=NC)NCCc2ccc(Cl)nc2)c1. The third-order valence-corrected chi connectivity index (χ3v) is 4.13. The zero-order valence-electron chi connectivity index (χ0n) is 15.8. The van der Waals surface area contributed by atoms with Crippen molar-refractivity contribution in [1.82, 2.24) is 20.9 Å². The molecule has 1 aromatic carbocycles. The topological polar surface area (TPSA) is 78.4 Å². The molecular weight excluding hydrogens is 362 g/mol. The fourth-order valence-electron chi connectivity index (χ4n) is 2.45. The Balaban J connectivity index is 1.81. The van der Waals surface area contributed by atoms with Crippen LogP contribution >= 0.6 is 11.6 Å². The number of halogens is 1. The van der Waals surface area contributed by atoms with Gasteiger partial charge in [-0.05, 0) is 42.2 Å². The lowest BCUT2D eigenvalue weighted by Gasteiger charge is -2.12. The van der Waals surface area contributed by atoms with E-state index in [2.05, 4.69) is 25.9 Å². The highest BCUT2D eigenvalue weighted by Crippen LogP contribution is 2.06. The van der Waals surface area contributed by atoms with E-state index < -0.39 is 0 Å². The number of pyridine rings is 1. The van der Waals surface area contributed by atoms with E-state index in [9.17, 15) is 4.79 Å². The van der Waals surface area contributed by atoms with E-state index in [0.29, 0.717) is 29.8 Å². The summed E-state index contributed by atoms with van der Waals surface area (Å²) < 4.78 is 0. The molecule has 0 aliphatic heterocycles. The zero-order valence-corrected chi connectivity index (χ0v) is 16.5. The highest BCUT2D eigenvalue weighted by Gasteiger charge is 2.06. The van der Waals surface area contributed by atoms with Gasteiger partial charge in [0.15, 0.2) is 5.96 Å². The van der Waals surface area contributed by atoms with Gasteiger partial charge in [-0.3, -0.25) is 9.79 Å². The molecule has 0 aliphatic rings. The second kappa shape index (κ2) is 11.2. The van der Waals surface area contributed by atoms with Gasteiger partial charge in [0.1, 0.15) is 5.15 Å². The molecule has 0 bridgehead atoms. The maximum Gasteiger partial charge on any atom is 0.251 e. The van der Waals surface area contributed by atoms with Crippen molar-refractivity contribution in [1.29, 1.82) is 0 Å². The van der Waals surface area contributed by atoms with Crippen LogP contribution < -0.4 is 16.0 Å². The minimum Gasteiger partial charge on any atom is -0.356 e. The lowest BCUT2D eigenvalue weighted by atomic mass is 10.1. The van der Waals surface area contributed by atoms with Crippen LogP contribution in [0.1, 0.15) is 34.8 Å². The Labute approximate surface area is 165 Å². The number of benzene rings is 1. The van der Waals surface area contributed by atoms with Gasteiger partial charge in [0.05, 0.1) is 0 Å². The number of nitrogens with zero attached hydrogens (tertiary/aromatic N) is 2. The van der Waals surface area contributed by atoms with Crippen molar-refractivity contribution in [3.8, 4) is 0 Å². The fourth-order valence-corrected chi connectivity index (χ4v) is 2.56. The smallest absolute Gasteiger partial charge is 0.251 e. The van der Waals surface area contributed by atoms with Crippen molar-refractivity contribution in [3.05, 3.63) is 64.4 Å². The number of carbonyl (C=O) groups is 1. The quantitative estimate of drug-likeness (QED) is 0.369. The lowest BCUT2D eigenvalue weighted by Crippen LogP contribution is -2.37. The summed E-state index contributed by atoms with van der Waals surface area (Å²) in [5, 5.41) is 9.91. The van der Waals surface area contributed by atoms with Crippen LogP contribution in [0, 0.1) is 0 Å². The average Bonchev–Trinajstić information content (AvgIpc) is 2.70. The van der Waals surface area contributed by atoms with E-state index in [1.54, 1.807) is 19.3 Å². The van der Waals surface area contributed by atoms with E-state index in [-0.39, 0.29) is 5.91 Å². The van der Waals surface area contributed by atoms with E-state index in [4.69, 9.17) is 11.6 Å². The van der Waals surface area contributed by atoms with E-state index in [1.807, 2.05) is 37.3 Å². The number of hydrogen-bond acceptors (Lipinski definition) is 3. The molecule has 3 N–H and O–H groups in total. The number of carbonyl (C=O) groups excluding carboxylic acids is 1. The van der Waals surface area contributed by atoms with E-state index in [1.165, 1.54) is 0 Å². The second-order valence-electron chi connectivity index (χ2n) is 6.05. The van der Waals surface area contributed by atoms with Gasteiger partial charge in [0.2, 0.25) is 0 Å². The molecule has 2 rings (SSSR count). The number of aliphatic imine (C=N–C) groups is 1. The van der Waals surface area contributed by atoms with Crippen LogP contribution in [0.4, 0.5) is 0 Å². The lowest BCUT2D eigenvalue weighted by molar-refractivity contribution is 0.0953. The van der Waals surface area contributed by atoms with Gasteiger partial charge in [-0.15, -0.1) is 0 Å². The van der Waals surface area contributed by atoms with Crippen molar-refractivity contribution in [2.75, 3.05) is 20.1 Å². The molecule has 0 radical (unpaired) electrons. The van der Waals surface area contributed by atoms with E-state index >= 15 is 0 Å². The standard InChI is InChI=1S/C20H26ClN5O/c1-3-10-23-19(27)17-6-4-5-16(12-17)14-26-20(22-2)24-11-9-15-7-8-18(21)25-13-15/h4-8,12-13H,3,9-11,14H2,1-2H3,(H,23,27)(H2,22,24,26). The van der Waals surface area contributed by atoms with Gasteiger partial charge in [0, 0.05) is 38.4 Å². The third-order valence-electron chi connectivity index (χ3n) is 3.90. The minimum atomic E-state index is -0.0437. The summed E-state index contributed by atoms with van der Waals surface area (Å²) >= 11 is 5.79. The van der Waals surface area contributed by atoms with Crippen molar-refractivity contribution in [2.24, 2.45) is 4.99 Å². The van der Waals surface area contributed by atoms with Gasteiger partial charge in [0.25, 0.3) is 5.91 Å². The molecule has 1 amide bonds. The molecule has 0 atom stereocenters. The predicted molar refractivity (Wildman–Crippen MR) is 110 cm³/mol. The van der Waals surface area contributed by atoms with Crippen molar-refractivity contribution < 1.29 is 4.79 Å². The van der Waals surface area contributed by atoms with Gasteiger partial charge in [-0.25, -0.2) is 4.98 Å². The second-order valence-corrected chi connectivity index (χ2v) is 6.44. The number of guanidine groups is 1. The molecule has 0 spiro atoms. The first kappa shape index (κ1) is 20.7. The molecular formula is C20H26ClN5O. The Morgan fingerprint density at radius 2 is 1.96 bits per heavy atom. The summed E-state index contributed by atoms with van der Waals surface area (Å²) in [6.45, 7) is 4.02. The molecule has 0 fully saturated rings. The number of hydrogen-bond donors (Lipinski definition) is 3. The summed E-state index contributed by atoms with van der Waals surface area (Å²) in [5.41, 5.74) is 2.79. The summed E-state index contributed by atoms with van der Waals surface area (Å²) in [4.78, 5) is 20.4. The van der Waals surface area contributed by atoms with Gasteiger partial charge in [-0.1, -0.05) is 36.7 Å². The summed E-state index contributed by atoms with van der Waals surface area (Å²) in [6.07, 6.45) is 3.51. The molecule has 7 heteroatoms. The van der Waals surface area contributed by atoms with Crippen LogP contribution in [0.5, 0.6) is 0 Å². The highest BCUT2D eigenvalue weighted by molar-refractivity contribution is 6.29. The summed E-state index contributed by atoms with van der Waals surface area (Å²) in [5.74, 6) is 0.663. The molecule has 144 valence electrons. The molecule has 0 saturated carbocycles. The monoisotopic (exact) mass is 387 g/mol. The molecule has 0 aliphatic carbocycles. The normalized spacial score (nSPS) is 11.1. The number of amides is 1. The molecule has 0 unspecified atom stereocenters. The fraction of sp³-hybridized carbons (Fsp3) is 0.350. The Bertz CT molecular complexity index is 761. The van der Waals surface area contributed by atoms with Crippen molar-refractivity contribution >= 4 is 23.5 Å². The Morgan fingerprint density at radius 1 is 1.11 bits per heavy atom. The Morgan fingerprint density at radius 3 is 2.67 bits per heavy atom. The van der Waals surface area contributed by atoms with Crippen LogP contribution in [0.3, 0.4) is 0 Å². The third kappa shape index (κ3) is 7.27. The van der Waals surface area contributed by atoms with Gasteiger partial charge < -0.3 is 16.0 Å². The largest absolute Gasteiger partial charge is 0.356 e. The van der Waals surface area contributed by atoms with Gasteiger partial charge in [-0.2, -0.15) is 0 Å². The number of aromatic nitrogens is 1. The molecule has 1 aromatic heterocycles. The van der Waals surface area contributed by atoms with Gasteiger partial charge >= 0.3 is 0 Å². The average molecular weight is 388 g/mol. The van der Waals surface area contributed by atoms with Crippen molar-refractivity contribution in [3.63, 3.8) is 0 Å². The molecule has 1 heterocycles. The number of nitrogens with one attached hydrogen (secondary N) is 3. The number of rotatable bonds is 8. The maximum absolute atomic E-state index is 12.1.